The SMILES string of the molecule is O=C(CSc1nc(-c2ccccc2)cs1)NCC1CC1. The van der Waals surface area contributed by atoms with Crippen LogP contribution in [-0.2, 0) is 4.79 Å². The predicted molar refractivity (Wildman–Crippen MR) is 84.0 cm³/mol. The van der Waals surface area contributed by atoms with Gasteiger partial charge in [0.2, 0.25) is 5.91 Å². The van der Waals surface area contributed by atoms with Crippen LogP contribution in [0.3, 0.4) is 0 Å². The molecule has 20 heavy (non-hydrogen) atoms. The Bertz CT molecular complexity index is 579. The lowest BCUT2D eigenvalue weighted by molar-refractivity contribution is -0.118. The molecule has 3 rings (SSSR count). The summed E-state index contributed by atoms with van der Waals surface area (Å²) < 4.78 is 0.949. The maximum atomic E-state index is 11.7. The Morgan fingerprint density at radius 1 is 1.35 bits per heavy atom. The average Bonchev–Trinajstić information content (AvgIpc) is 3.20. The van der Waals surface area contributed by atoms with Crippen molar-refractivity contribution in [1.29, 1.82) is 0 Å². The van der Waals surface area contributed by atoms with E-state index in [4.69, 9.17) is 0 Å². The minimum Gasteiger partial charge on any atom is -0.355 e. The zero-order valence-corrected chi connectivity index (χ0v) is 12.7. The van der Waals surface area contributed by atoms with E-state index in [9.17, 15) is 4.79 Å². The standard InChI is InChI=1S/C15H16N2OS2/c18-14(16-8-11-6-7-11)10-20-15-17-13(9-19-15)12-4-2-1-3-5-12/h1-5,9,11H,6-8,10H2,(H,16,18). The number of rotatable bonds is 6. The van der Waals surface area contributed by atoms with Crippen molar-refractivity contribution in [1.82, 2.24) is 10.3 Å². The lowest BCUT2D eigenvalue weighted by Gasteiger charge is -2.01. The van der Waals surface area contributed by atoms with Crippen LogP contribution in [0.2, 0.25) is 0 Å². The summed E-state index contributed by atoms with van der Waals surface area (Å²) in [5.41, 5.74) is 2.10. The minimum atomic E-state index is 0.110. The van der Waals surface area contributed by atoms with Crippen molar-refractivity contribution >= 4 is 29.0 Å². The van der Waals surface area contributed by atoms with Crippen molar-refractivity contribution in [2.45, 2.75) is 17.2 Å². The number of carbonyl (C=O) groups is 1. The molecule has 0 radical (unpaired) electrons. The second-order valence-corrected chi connectivity index (χ2v) is 6.98. The van der Waals surface area contributed by atoms with Crippen LogP contribution in [0, 0.1) is 5.92 Å². The first kappa shape index (κ1) is 13.6. The number of aromatic nitrogens is 1. The second-order valence-electron chi connectivity index (χ2n) is 4.90. The number of hydrogen-bond donors (Lipinski definition) is 1. The summed E-state index contributed by atoms with van der Waals surface area (Å²) in [4.78, 5) is 16.2. The first-order valence-electron chi connectivity index (χ1n) is 6.72. The molecule has 0 spiro atoms. The van der Waals surface area contributed by atoms with Crippen molar-refractivity contribution in [3.8, 4) is 11.3 Å². The van der Waals surface area contributed by atoms with Crippen molar-refractivity contribution in [2.24, 2.45) is 5.92 Å². The van der Waals surface area contributed by atoms with Crippen molar-refractivity contribution in [3.63, 3.8) is 0 Å². The lowest BCUT2D eigenvalue weighted by Crippen LogP contribution is -2.27. The van der Waals surface area contributed by atoms with Gasteiger partial charge in [0.05, 0.1) is 11.4 Å². The number of amides is 1. The lowest BCUT2D eigenvalue weighted by atomic mass is 10.2. The average molecular weight is 304 g/mol. The first-order valence-corrected chi connectivity index (χ1v) is 8.58. The van der Waals surface area contributed by atoms with Crippen LogP contribution in [0.4, 0.5) is 0 Å². The van der Waals surface area contributed by atoms with Crippen LogP contribution < -0.4 is 5.32 Å². The van der Waals surface area contributed by atoms with E-state index in [1.165, 1.54) is 24.6 Å². The molecule has 1 aliphatic rings. The van der Waals surface area contributed by atoms with Gasteiger partial charge >= 0.3 is 0 Å². The van der Waals surface area contributed by atoms with E-state index < -0.39 is 0 Å². The third kappa shape index (κ3) is 3.84. The van der Waals surface area contributed by atoms with Crippen LogP contribution in [-0.4, -0.2) is 23.2 Å². The minimum absolute atomic E-state index is 0.110. The van der Waals surface area contributed by atoms with Crippen LogP contribution in [0.15, 0.2) is 40.1 Å². The summed E-state index contributed by atoms with van der Waals surface area (Å²) in [5, 5.41) is 5.01. The Balaban J connectivity index is 1.50. The van der Waals surface area contributed by atoms with Crippen molar-refractivity contribution in [2.75, 3.05) is 12.3 Å². The summed E-state index contributed by atoms with van der Waals surface area (Å²) in [6.45, 7) is 0.840. The fourth-order valence-corrected chi connectivity index (χ4v) is 3.49. The van der Waals surface area contributed by atoms with Crippen molar-refractivity contribution in [3.05, 3.63) is 35.7 Å². The number of carbonyl (C=O) groups excluding carboxylic acids is 1. The van der Waals surface area contributed by atoms with Crippen LogP contribution in [0.5, 0.6) is 0 Å². The molecule has 104 valence electrons. The predicted octanol–water partition coefficient (Wildman–Crippen LogP) is 3.43. The van der Waals surface area contributed by atoms with E-state index in [0.717, 1.165) is 28.1 Å². The van der Waals surface area contributed by atoms with Crippen LogP contribution >= 0.6 is 23.1 Å². The molecule has 0 bridgehead atoms. The zero-order chi connectivity index (χ0) is 13.8. The number of nitrogens with zero attached hydrogens (tertiary/aromatic N) is 1. The van der Waals surface area contributed by atoms with Gasteiger partial charge in [-0.2, -0.15) is 0 Å². The molecule has 0 unspecified atom stereocenters. The monoisotopic (exact) mass is 304 g/mol. The first-order chi connectivity index (χ1) is 9.81. The van der Waals surface area contributed by atoms with Gasteiger partial charge in [-0.25, -0.2) is 4.98 Å². The molecule has 0 saturated heterocycles. The normalized spacial score (nSPS) is 14.2. The molecule has 1 saturated carbocycles. The van der Waals surface area contributed by atoms with E-state index in [2.05, 4.69) is 10.3 Å². The summed E-state index contributed by atoms with van der Waals surface area (Å²) in [6, 6.07) is 10.1. The number of hydrogen-bond acceptors (Lipinski definition) is 4. The van der Waals surface area contributed by atoms with E-state index in [0.29, 0.717) is 5.75 Å². The Kier molecular flexibility index (Phi) is 4.38. The van der Waals surface area contributed by atoms with Gasteiger partial charge in [-0.05, 0) is 18.8 Å². The summed E-state index contributed by atoms with van der Waals surface area (Å²) in [6.07, 6.45) is 2.53. The zero-order valence-electron chi connectivity index (χ0n) is 11.0. The van der Waals surface area contributed by atoms with Gasteiger partial charge in [0.1, 0.15) is 0 Å². The third-order valence-electron chi connectivity index (χ3n) is 3.16. The van der Waals surface area contributed by atoms with Gasteiger partial charge in [0, 0.05) is 17.5 Å². The molecule has 1 aromatic carbocycles. The molecule has 1 N–H and O–H groups in total. The summed E-state index contributed by atoms with van der Waals surface area (Å²) >= 11 is 3.11. The quantitative estimate of drug-likeness (QED) is 0.831. The largest absolute Gasteiger partial charge is 0.355 e. The maximum absolute atomic E-state index is 11.7. The molecular formula is C15H16N2OS2. The Morgan fingerprint density at radius 2 is 2.15 bits per heavy atom. The molecular weight excluding hydrogens is 288 g/mol. The highest BCUT2D eigenvalue weighted by Crippen LogP contribution is 2.29. The van der Waals surface area contributed by atoms with Crippen LogP contribution in [0.25, 0.3) is 11.3 Å². The molecule has 1 heterocycles. The fourth-order valence-electron chi connectivity index (χ4n) is 1.82. The van der Waals surface area contributed by atoms with Crippen molar-refractivity contribution < 1.29 is 4.79 Å². The topological polar surface area (TPSA) is 42.0 Å². The third-order valence-corrected chi connectivity index (χ3v) is 5.19. The highest BCUT2D eigenvalue weighted by Gasteiger charge is 2.21. The van der Waals surface area contributed by atoms with Gasteiger partial charge in [0.25, 0.3) is 0 Å². The molecule has 5 heteroatoms. The summed E-state index contributed by atoms with van der Waals surface area (Å²) in [5.74, 6) is 1.29. The highest BCUT2D eigenvalue weighted by molar-refractivity contribution is 8.01. The van der Waals surface area contributed by atoms with E-state index in [-0.39, 0.29) is 5.91 Å². The second kappa shape index (κ2) is 6.41. The molecule has 3 nitrogen and oxygen atoms in total. The van der Waals surface area contributed by atoms with Gasteiger partial charge in [0.15, 0.2) is 4.34 Å². The summed E-state index contributed by atoms with van der Waals surface area (Å²) in [7, 11) is 0. The number of thiazole rings is 1. The fraction of sp³-hybridized carbons (Fsp3) is 0.333. The molecule has 1 aromatic heterocycles. The van der Waals surface area contributed by atoms with Crippen LogP contribution in [0.1, 0.15) is 12.8 Å². The van der Waals surface area contributed by atoms with E-state index in [1.807, 2.05) is 35.7 Å². The molecule has 0 atom stereocenters. The molecule has 2 aromatic rings. The molecule has 1 aliphatic carbocycles. The van der Waals surface area contributed by atoms with Gasteiger partial charge in [-0.3, -0.25) is 4.79 Å². The Labute approximate surface area is 126 Å². The maximum Gasteiger partial charge on any atom is 0.230 e. The Morgan fingerprint density at radius 3 is 2.90 bits per heavy atom. The van der Waals surface area contributed by atoms with Gasteiger partial charge < -0.3 is 5.32 Å². The van der Waals surface area contributed by atoms with Gasteiger partial charge in [-0.1, -0.05) is 42.1 Å². The number of nitrogens with one attached hydrogen (secondary N) is 1. The number of benzene rings is 1. The number of thioether (sulfide) groups is 1. The van der Waals surface area contributed by atoms with E-state index in [1.54, 1.807) is 11.3 Å². The van der Waals surface area contributed by atoms with E-state index >= 15 is 0 Å². The molecule has 1 fully saturated rings. The Hall–Kier alpha value is -1.33. The molecule has 1 amide bonds. The highest BCUT2D eigenvalue weighted by atomic mass is 32.2. The molecule has 0 aliphatic heterocycles. The van der Waals surface area contributed by atoms with Gasteiger partial charge in [-0.15, -0.1) is 11.3 Å². The smallest absolute Gasteiger partial charge is 0.230 e.